The minimum Gasteiger partial charge on any atom is -0.334 e. The molecule has 1 aliphatic carbocycles. The van der Waals surface area contributed by atoms with E-state index in [1.807, 2.05) is 10.3 Å². The van der Waals surface area contributed by atoms with Crippen molar-refractivity contribution in [3.63, 3.8) is 0 Å². The average Bonchev–Trinajstić information content (AvgIpc) is 3.15. The summed E-state index contributed by atoms with van der Waals surface area (Å²) in [6, 6.07) is 0.336. The standard InChI is InChI=1S/C13H16N4O2S/c18-11-4-3-10(15-16-11)13(19)17(9-1-2-9)7-5-12-14-6-8-20-12/h6,8-9H,1-5,7H2,(H,16,18). The van der Waals surface area contributed by atoms with Crippen molar-refractivity contribution in [2.24, 2.45) is 5.10 Å². The van der Waals surface area contributed by atoms with Gasteiger partial charge in [0.2, 0.25) is 5.91 Å². The van der Waals surface area contributed by atoms with Gasteiger partial charge in [0.15, 0.2) is 0 Å². The number of rotatable bonds is 5. The molecule has 3 rings (SSSR count). The van der Waals surface area contributed by atoms with E-state index in [1.54, 1.807) is 17.5 Å². The molecule has 6 nitrogen and oxygen atoms in total. The highest BCUT2D eigenvalue weighted by Crippen LogP contribution is 2.28. The van der Waals surface area contributed by atoms with Gasteiger partial charge in [-0.2, -0.15) is 5.10 Å². The quantitative estimate of drug-likeness (QED) is 0.877. The zero-order chi connectivity index (χ0) is 13.9. The molecule has 0 saturated heterocycles. The van der Waals surface area contributed by atoms with E-state index in [1.165, 1.54) is 0 Å². The molecular weight excluding hydrogens is 276 g/mol. The number of carbonyl (C=O) groups excluding carboxylic acids is 2. The van der Waals surface area contributed by atoms with Gasteiger partial charge in [-0.25, -0.2) is 10.4 Å². The SMILES string of the molecule is O=C1CCC(C(=O)N(CCc2nccs2)C2CC2)=NN1. The predicted molar refractivity (Wildman–Crippen MR) is 75.4 cm³/mol. The van der Waals surface area contributed by atoms with Gasteiger partial charge in [0.05, 0.1) is 5.01 Å². The molecule has 1 aliphatic heterocycles. The second kappa shape index (κ2) is 5.70. The number of nitrogens with zero attached hydrogens (tertiary/aromatic N) is 3. The van der Waals surface area contributed by atoms with Crippen molar-refractivity contribution in [3.8, 4) is 0 Å². The summed E-state index contributed by atoms with van der Waals surface area (Å²) in [6.45, 7) is 0.671. The van der Waals surface area contributed by atoms with E-state index in [2.05, 4.69) is 15.5 Å². The second-order valence-corrected chi connectivity index (χ2v) is 5.98. The van der Waals surface area contributed by atoms with E-state index in [9.17, 15) is 9.59 Å². The number of hydrogen-bond donors (Lipinski definition) is 1. The Balaban J connectivity index is 1.64. The van der Waals surface area contributed by atoms with Crippen LogP contribution in [-0.2, 0) is 16.0 Å². The topological polar surface area (TPSA) is 74.7 Å². The first-order valence-corrected chi connectivity index (χ1v) is 7.67. The molecule has 2 amide bonds. The number of nitrogens with one attached hydrogen (secondary N) is 1. The zero-order valence-electron chi connectivity index (χ0n) is 11.0. The summed E-state index contributed by atoms with van der Waals surface area (Å²) in [4.78, 5) is 29.7. The maximum absolute atomic E-state index is 12.5. The van der Waals surface area contributed by atoms with Crippen LogP contribution in [0.25, 0.3) is 0 Å². The van der Waals surface area contributed by atoms with Gasteiger partial charge in [0.25, 0.3) is 5.91 Å². The van der Waals surface area contributed by atoms with E-state index in [0.29, 0.717) is 31.1 Å². The molecule has 0 atom stereocenters. The number of thiazole rings is 1. The van der Waals surface area contributed by atoms with Crippen LogP contribution in [0.15, 0.2) is 16.7 Å². The summed E-state index contributed by atoms with van der Waals surface area (Å²) >= 11 is 1.61. The molecule has 0 radical (unpaired) electrons. The van der Waals surface area contributed by atoms with Gasteiger partial charge in [0.1, 0.15) is 5.71 Å². The van der Waals surface area contributed by atoms with Crippen molar-refractivity contribution in [1.82, 2.24) is 15.3 Å². The fraction of sp³-hybridized carbons (Fsp3) is 0.538. The molecule has 1 aromatic heterocycles. The van der Waals surface area contributed by atoms with Gasteiger partial charge >= 0.3 is 0 Å². The van der Waals surface area contributed by atoms with Crippen LogP contribution in [-0.4, -0.2) is 40.0 Å². The van der Waals surface area contributed by atoms with E-state index in [4.69, 9.17) is 0 Å². The second-order valence-electron chi connectivity index (χ2n) is 5.00. The highest BCUT2D eigenvalue weighted by molar-refractivity contribution is 7.09. The molecule has 1 N–H and O–H groups in total. The van der Waals surface area contributed by atoms with Crippen molar-refractivity contribution in [1.29, 1.82) is 0 Å². The molecule has 1 aromatic rings. The summed E-state index contributed by atoms with van der Waals surface area (Å²) in [5.74, 6) is -0.161. The van der Waals surface area contributed by atoms with Gasteiger partial charge in [-0.3, -0.25) is 9.59 Å². The van der Waals surface area contributed by atoms with Gasteiger partial charge in [-0.15, -0.1) is 11.3 Å². The number of hydrazone groups is 1. The van der Waals surface area contributed by atoms with Gasteiger partial charge in [-0.1, -0.05) is 0 Å². The predicted octanol–water partition coefficient (Wildman–Crippen LogP) is 0.943. The van der Waals surface area contributed by atoms with Crippen molar-refractivity contribution in [2.75, 3.05) is 6.54 Å². The Morgan fingerprint density at radius 3 is 2.90 bits per heavy atom. The maximum atomic E-state index is 12.5. The Bertz CT molecular complexity index is 537. The molecule has 0 bridgehead atoms. The molecule has 0 aromatic carbocycles. The fourth-order valence-electron chi connectivity index (χ4n) is 2.22. The van der Waals surface area contributed by atoms with E-state index in [-0.39, 0.29) is 11.8 Å². The van der Waals surface area contributed by atoms with Crippen LogP contribution in [0, 0.1) is 0 Å². The van der Waals surface area contributed by atoms with Crippen LogP contribution >= 0.6 is 11.3 Å². The van der Waals surface area contributed by atoms with Gasteiger partial charge in [-0.05, 0) is 12.8 Å². The number of amides is 2. The lowest BCUT2D eigenvalue weighted by Gasteiger charge is -2.23. The van der Waals surface area contributed by atoms with Crippen molar-refractivity contribution in [3.05, 3.63) is 16.6 Å². The lowest BCUT2D eigenvalue weighted by Crippen LogP contribution is -2.42. The number of aromatic nitrogens is 1. The number of carbonyl (C=O) groups is 2. The Morgan fingerprint density at radius 1 is 1.45 bits per heavy atom. The first-order chi connectivity index (χ1) is 9.74. The molecule has 2 heterocycles. The van der Waals surface area contributed by atoms with Crippen LogP contribution in [0.4, 0.5) is 0 Å². The summed E-state index contributed by atoms with van der Waals surface area (Å²) in [7, 11) is 0. The Kier molecular flexibility index (Phi) is 3.77. The van der Waals surface area contributed by atoms with E-state index < -0.39 is 0 Å². The van der Waals surface area contributed by atoms with Gasteiger partial charge in [0, 0.05) is 43.4 Å². The molecule has 1 fully saturated rings. The monoisotopic (exact) mass is 292 g/mol. The molecule has 20 heavy (non-hydrogen) atoms. The van der Waals surface area contributed by atoms with E-state index in [0.717, 1.165) is 24.3 Å². The summed E-state index contributed by atoms with van der Waals surface area (Å²) < 4.78 is 0. The molecule has 2 aliphatic rings. The third-order valence-corrected chi connectivity index (χ3v) is 4.29. The molecule has 1 saturated carbocycles. The van der Waals surface area contributed by atoms with Crippen molar-refractivity contribution < 1.29 is 9.59 Å². The normalized spacial score (nSPS) is 18.4. The lowest BCUT2D eigenvalue weighted by molar-refractivity contribution is -0.125. The van der Waals surface area contributed by atoms with Crippen LogP contribution < -0.4 is 5.43 Å². The third-order valence-electron chi connectivity index (χ3n) is 3.45. The lowest BCUT2D eigenvalue weighted by atomic mass is 10.1. The van der Waals surface area contributed by atoms with Crippen LogP contribution in [0.5, 0.6) is 0 Å². The smallest absolute Gasteiger partial charge is 0.270 e. The first-order valence-electron chi connectivity index (χ1n) is 6.79. The summed E-state index contributed by atoms with van der Waals surface area (Å²) in [5.41, 5.74) is 2.86. The Hall–Kier alpha value is -1.76. The molecule has 106 valence electrons. The summed E-state index contributed by atoms with van der Waals surface area (Å²) in [6.07, 6.45) is 5.46. The number of hydrogen-bond acceptors (Lipinski definition) is 5. The van der Waals surface area contributed by atoms with Crippen LogP contribution in [0.2, 0.25) is 0 Å². The zero-order valence-corrected chi connectivity index (χ0v) is 11.9. The molecular formula is C13H16N4O2S. The highest BCUT2D eigenvalue weighted by atomic mass is 32.1. The van der Waals surface area contributed by atoms with Crippen LogP contribution in [0.1, 0.15) is 30.7 Å². The van der Waals surface area contributed by atoms with E-state index >= 15 is 0 Å². The molecule has 0 unspecified atom stereocenters. The van der Waals surface area contributed by atoms with Crippen molar-refractivity contribution >= 4 is 28.9 Å². The Labute approximate surface area is 120 Å². The minimum atomic E-state index is -0.123. The highest BCUT2D eigenvalue weighted by Gasteiger charge is 2.35. The maximum Gasteiger partial charge on any atom is 0.270 e. The van der Waals surface area contributed by atoms with Crippen molar-refractivity contribution in [2.45, 2.75) is 38.1 Å². The third kappa shape index (κ3) is 3.04. The van der Waals surface area contributed by atoms with Crippen LogP contribution in [0.3, 0.4) is 0 Å². The summed E-state index contributed by atoms with van der Waals surface area (Å²) in [5, 5.41) is 6.89. The Morgan fingerprint density at radius 2 is 2.30 bits per heavy atom. The minimum absolute atomic E-state index is 0.0379. The van der Waals surface area contributed by atoms with Gasteiger partial charge < -0.3 is 4.90 Å². The molecule has 0 spiro atoms. The first kappa shape index (κ1) is 13.2. The fourth-order valence-corrected chi connectivity index (χ4v) is 2.83. The average molecular weight is 292 g/mol. The largest absolute Gasteiger partial charge is 0.334 e. The molecule has 7 heteroatoms.